The van der Waals surface area contributed by atoms with Gasteiger partial charge in [0.05, 0.1) is 0 Å². The van der Waals surface area contributed by atoms with Gasteiger partial charge in [-0.25, -0.2) is 4.98 Å². The Morgan fingerprint density at radius 3 is 2.29 bits per heavy atom. The highest BCUT2D eigenvalue weighted by Crippen LogP contribution is 2.14. The number of rotatable bonds is 10. The van der Waals surface area contributed by atoms with Crippen LogP contribution in [0.4, 0.5) is 11.8 Å². The van der Waals surface area contributed by atoms with Crippen molar-refractivity contribution in [3.8, 4) is 0 Å². The van der Waals surface area contributed by atoms with Crippen LogP contribution in [0.15, 0.2) is 6.07 Å². The van der Waals surface area contributed by atoms with Crippen LogP contribution in [0.25, 0.3) is 0 Å². The number of hydrogen-bond donors (Lipinski definition) is 1. The predicted octanol–water partition coefficient (Wildman–Crippen LogP) is 2.78. The molecular weight excluding hydrogens is 262 g/mol. The third-order valence-electron chi connectivity index (χ3n) is 3.20. The van der Waals surface area contributed by atoms with E-state index in [0.29, 0.717) is 0 Å². The molecule has 1 aromatic rings. The summed E-state index contributed by atoms with van der Waals surface area (Å²) in [5, 5.41) is 3.42. The van der Waals surface area contributed by atoms with Crippen molar-refractivity contribution >= 4 is 11.8 Å². The van der Waals surface area contributed by atoms with Crippen molar-refractivity contribution in [1.29, 1.82) is 0 Å². The monoisotopic (exact) mass is 293 g/mol. The summed E-state index contributed by atoms with van der Waals surface area (Å²) >= 11 is 0. The Labute approximate surface area is 129 Å². The van der Waals surface area contributed by atoms with Crippen molar-refractivity contribution in [2.24, 2.45) is 0 Å². The quantitative estimate of drug-likeness (QED) is 0.672. The first-order valence-corrected chi connectivity index (χ1v) is 8.06. The molecule has 0 aliphatic heterocycles. The topological polar surface area (TPSA) is 44.3 Å². The maximum Gasteiger partial charge on any atom is 0.227 e. The average Bonchev–Trinajstić information content (AvgIpc) is 2.42. The lowest BCUT2D eigenvalue weighted by Gasteiger charge is -2.22. The highest BCUT2D eigenvalue weighted by molar-refractivity contribution is 5.43. The maximum atomic E-state index is 4.68. The Balaban J connectivity index is 2.69. The summed E-state index contributed by atoms with van der Waals surface area (Å²) in [4.78, 5) is 13.7. The van der Waals surface area contributed by atoms with Gasteiger partial charge in [0.15, 0.2) is 0 Å². The number of hydrogen-bond acceptors (Lipinski definition) is 5. The summed E-state index contributed by atoms with van der Waals surface area (Å²) in [7, 11) is 4.20. The van der Waals surface area contributed by atoms with Gasteiger partial charge in [0, 0.05) is 31.4 Å². The van der Waals surface area contributed by atoms with Crippen molar-refractivity contribution in [2.75, 3.05) is 50.5 Å². The lowest BCUT2D eigenvalue weighted by atomic mass is 10.3. The van der Waals surface area contributed by atoms with Crippen LogP contribution in [0.3, 0.4) is 0 Å². The third kappa shape index (κ3) is 6.76. The van der Waals surface area contributed by atoms with Crippen LogP contribution in [-0.4, -0.2) is 55.1 Å². The second-order valence-electron chi connectivity index (χ2n) is 5.77. The molecule has 120 valence electrons. The van der Waals surface area contributed by atoms with Gasteiger partial charge in [-0.2, -0.15) is 4.98 Å². The molecule has 1 rings (SSSR count). The van der Waals surface area contributed by atoms with Crippen LogP contribution < -0.4 is 10.2 Å². The van der Waals surface area contributed by atoms with E-state index >= 15 is 0 Å². The fourth-order valence-electron chi connectivity index (χ4n) is 2.25. The molecule has 0 saturated heterocycles. The molecule has 0 aromatic carbocycles. The normalized spacial score (nSPS) is 11.0. The highest BCUT2D eigenvalue weighted by atomic mass is 15.3. The number of aryl methyl sites for hydroxylation is 1. The fraction of sp³-hybridized carbons (Fsp3) is 0.750. The number of nitrogens with zero attached hydrogens (tertiary/aromatic N) is 4. The summed E-state index contributed by atoms with van der Waals surface area (Å²) in [5.74, 6) is 1.79. The van der Waals surface area contributed by atoms with Gasteiger partial charge in [0.25, 0.3) is 0 Å². The van der Waals surface area contributed by atoms with Crippen molar-refractivity contribution < 1.29 is 0 Å². The lowest BCUT2D eigenvalue weighted by molar-refractivity contribution is 0.405. The SMILES string of the molecule is CCCN(CCC)c1nc(C)cc(NCCCN(C)C)n1. The standard InChI is InChI=1S/C16H31N5/c1-6-10-21(11-7-2)16-18-14(3)13-15(19-16)17-9-8-12-20(4)5/h13H,6-12H2,1-5H3,(H,17,18,19). The Hall–Kier alpha value is -1.36. The van der Waals surface area contributed by atoms with Crippen LogP contribution in [-0.2, 0) is 0 Å². The first-order valence-electron chi connectivity index (χ1n) is 8.06. The van der Waals surface area contributed by atoms with Crippen molar-refractivity contribution in [3.63, 3.8) is 0 Å². The average molecular weight is 293 g/mol. The van der Waals surface area contributed by atoms with Gasteiger partial charge in [-0.3, -0.25) is 0 Å². The minimum absolute atomic E-state index is 0.855. The fourth-order valence-corrected chi connectivity index (χ4v) is 2.25. The smallest absolute Gasteiger partial charge is 0.227 e. The van der Waals surface area contributed by atoms with Crippen molar-refractivity contribution in [3.05, 3.63) is 11.8 Å². The van der Waals surface area contributed by atoms with E-state index in [4.69, 9.17) is 0 Å². The van der Waals surface area contributed by atoms with E-state index in [0.717, 1.165) is 62.9 Å². The first kappa shape index (κ1) is 17.7. The predicted molar refractivity (Wildman–Crippen MR) is 91.2 cm³/mol. The lowest BCUT2D eigenvalue weighted by Crippen LogP contribution is -2.27. The molecule has 21 heavy (non-hydrogen) atoms. The molecule has 1 aromatic heterocycles. The molecule has 1 N–H and O–H groups in total. The molecule has 0 aliphatic carbocycles. The largest absolute Gasteiger partial charge is 0.370 e. The molecule has 0 spiro atoms. The number of anilines is 2. The van der Waals surface area contributed by atoms with Gasteiger partial charge in [0.2, 0.25) is 5.95 Å². The molecule has 1 heterocycles. The zero-order valence-corrected chi connectivity index (χ0v) is 14.3. The molecule has 0 unspecified atom stereocenters. The molecular formula is C16H31N5. The van der Waals surface area contributed by atoms with Gasteiger partial charge >= 0.3 is 0 Å². The zero-order chi connectivity index (χ0) is 15.7. The van der Waals surface area contributed by atoms with Crippen molar-refractivity contribution in [1.82, 2.24) is 14.9 Å². The van der Waals surface area contributed by atoms with E-state index in [1.165, 1.54) is 0 Å². The molecule has 0 amide bonds. The van der Waals surface area contributed by atoms with E-state index in [1.807, 2.05) is 13.0 Å². The summed E-state index contributed by atoms with van der Waals surface area (Å²) < 4.78 is 0. The molecule has 0 bridgehead atoms. The first-order chi connectivity index (χ1) is 10.1. The second kappa shape index (κ2) is 9.55. The molecule has 5 heteroatoms. The molecule has 0 atom stereocenters. The van der Waals surface area contributed by atoms with Crippen LogP contribution in [0, 0.1) is 6.92 Å². The maximum absolute atomic E-state index is 4.68. The summed E-state index contributed by atoms with van der Waals surface area (Å²) in [6.07, 6.45) is 3.34. The summed E-state index contributed by atoms with van der Waals surface area (Å²) in [6, 6.07) is 2.02. The molecule has 5 nitrogen and oxygen atoms in total. The summed E-state index contributed by atoms with van der Waals surface area (Å²) in [6.45, 7) is 10.5. The number of nitrogens with one attached hydrogen (secondary N) is 1. The van der Waals surface area contributed by atoms with E-state index < -0.39 is 0 Å². The van der Waals surface area contributed by atoms with E-state index in [-0.39, 0.29) is 0 Å². The van der Waals surface area contributed by atoms with Gasteiger partial charge < -0.3 is 15.1 Å². The second-order valence-corrected chi connectivity index (χ2v) is 5.77. The van der Waals surface area contributed by atoms with Gasteiger partial charge in [-0.15, -0.1) is 0 Å². The van der Waals surface area contributed by atoms with Crippen molar-refractivity contribution in [2.45, 2.75) is 40.0 Å². The Morgan fingerprint density at radius 2 is 1.71 bits per heavy atom. The Kier molecular flexibility index (Phi) is 8.05. The minimum Gasteiger partial charge on any atom is -0.370 e. The van der Waals surface area contributed by atoms with Crippen LogP contribution in [0.5, 0.6) is 0 Å². The van der Waals surface area contributed by atoms with Gasteiger partial charge in [0.1, 0.15) is 5.82 Å². The van der Waals surface area contributed by atoms with E-state index in [9.17, 15) is 0 Å². The van der Waals surface area contributed by atoms with E-state index in [2.05, 4.69) is 53.0 Å². The van der Waals surface area contributed by atoms with Crippen LogP contribution >= 0.6 is 0 Å². The van der Waals surface area contributed by atoms with Gasteiger partial charge in [-0.05, 0) is 46.8 Å². The molecule has 0 saturated carbocycles. The molecule has 0 aliphatic rings. The Bertz CT molecular complexity index is 400. The molecule has 0 fully saturated rings. The summed E-state index contributed by atoms with van der Waals surface area (Å²) in [5.41, 5.74) is 1.02. The minimum atomic E-state index is 0.855. The van der Waals surface area contributed by atoms with Crippen LogP contribution in [0.2, 0.25) is 0 Å². The highest BCUT2D eigenvalue weighted by Gasteiger charge is 2.09. The zero-order valence-electron chi connectivity index (χ0n) is 14.3. The van der Waals surface area contributed by atoms with E-state index in [1.54, 1.807) is 0 Å². The third-order valence-corrected chi connectivity index (χ3v) is 3.20. The van der Waals surface area contributed by atoms with Crippen LogP contribution in [0.1, 0.15) is 38.8 Å². The van der Waals surface area contributed by atoms with Gasteiger partial charge in [-0.1, -0.05) is 13.8 Å². The molecule has 0 radical (unpaired) electrons. The Morgan fingerprint density at radius 1 is 1.05 bits per heavy atom. The number of aromatic nitrogens is 2.